The van der Waals surface area contributed by atoms with Crippen molar-refractivity contribution in [3.05, 3.63) is 63.7 Å². The highest BCUT2D eigenvalue weighted by molar-refractivity contribution is 7.10. The molecule has 0 saturated heterocycles. The van der Waals surface area contributed by atoms with Gasteiger partial charge < -0.3 is 10.2 Å². The van der Waals surface area contributed by atoms with Gasteiger partial charge in [0.25, 0.3) is 0 Å². The number of carbonyl (C=O) groups is 1. The van der Waals surface area contributed by atoms with Crippen molar-refractivity contribution in [1.29, 1.82) is 0 Å². The molecule has 4 heterocycles. The standard InChI is InChI=1S/C19H21N5OS/c1-23(2)10-14-7-17(26-12-14)15-8-18(25)22-19-16(15)9-21-24(19)11-13-3-5-20-6-4-13/h3-7,9,12,15H,8,10-11H2,1-2H3,(H,22,25). The Morgan fingerprint density at radius 1 is 1.31 bits per heavy atom. The second-order valence-corrected chi connectivity index (χ2v) is 7.80. The molecule has 1 atom stereocenters. The molecular formula is C19H21N5OS. The van der Waals surface area contributed by atoms with E-state index in [2.05, 4.69) is 45.8 Å². The summed E-state index contributed by atoms with van der Waals surface area (Å²) in [4.78, 5) is 19.8. The number of nitrogens with one attached hydrogen (secondary N) is 1. The molecule has 1 unspecified atom stereocenters. The average Bonchev–Trinajstić information content (AvgIpc) is 3.22. The smallest absolute Gasteiger partial charge is 0.226 e. The zero-order valence-electron chi connectivity index (χ0n) is 14.8. The molecule has 1 aliphatic heterocycles. The SMILES string of the molecule is CN(C)Cc1csc(C2CC(=O)Nc3c2cnn3Cc2ccncc2)c1. The van der Waals surface area contributed by atoms with Gasteiger partial charge in [-0.1, -0.05) is 0 Å². The van der Waals surface area contributed by atoms with E-state index in [9.17, 15) is 4.79 Å². The first-order chi connectivity index (χ1) is 12.6. The molecule has 0 aromatic carbocycles. The monoisotopic (exact) mass is 367 g/mol. The predicted octanol–water partition coefficient (Wildman–Crippen LogP) is 2.92. The summed E-state index contributed by atoms with van der Waals surface area (Å²) in [7, 11) is 4.12. The summed E-state index contributed by atoms with van der Waals surface area (Å²) >= 11 is 1.72. The van der Waals surface area contributed by atoms with Crippen LogP contribution in [0.25, 0.3) is 0 Å². The van der Waals surface area contributed by atoms with Crippen LogP contribution in [-0.2, 0) is 17.9 Å². The molecule has 1 N–H and O–H groups in total. The van der Waals surface area contributed by atoms with Crippen LogP contribution >= 0.6 is 11.3 Å². The summed E-state index contributed by atoms with van der Waals surface area (Å²) < 4.78 is 1.86. The minimum absolute atomic E-state index is 0.0431. The largest absolute Gasteiger partial charge is 0.311 e. The van der Waals surface area contributed by atoms with Gasteiger partial charge in [-0.15, -0.1) is 11.3 Å². The lowest BCUT2D eigenvalue weighted by atomic mass is 9.92. The average molecular weight is 367 g/mol. The lowest BCUT2D eigenvalue weighted by molar-refractivity contribution is -0.116. The molecule has 0 aliphatic carbocycles. The maximum Gasteiger partial charge on any atom is 0.226 e. The fraction of sp³-hybridized carbons (Fsp3) is 0.316. The summed E-state index contributed by atoms with van der Waals surface area (Å²) in [6.45, 7) is 1.52. The van der Waals surface area contributed by atoms with Crippen LogP contribution in [0, 0.1) is 0 Å². The van der Waals surface area contributed by atoms with Crippen molar-refractivity contribution < 1.29 is 4.79 Å². The van der Waals surface area contributed by atoms with E-state index in [1.54, 1.807) is 23.7 Å². The zero-order valence-corrected chi connectivity index (χ0v) is 15.7. The normalized spacial score (nSPS) is 16.6. The molecule has 0 radical (unpaired) electrons. The minimum Gasteiger partial charge on any atom is -0.311 e. The van der Waals surface area contributed by atoms with Crippen LogP contribution in [0.1, 0.15) is 33.9 Å². The van der Waals surface area contributed by atoms with Gasteiger partial charge in [0.1, 0.15) is 5.82 Å². The summed E-state index contributed by atoms with van der Waals surface area (Å²) in [6.07, 6.45) is 5.90. The van der Waals surface area contributed by atoms with Crippen molar-refractivity contribution >= 4 is 23.1 Å². The summed E-state index contributed by atoms with van der Waals surface area (Å²) in [6, 6.07) is 6.14. The fourth-order valence-electron chi connectivity index (χ4n) is 3.33. The van der Waals surface area contributed by atoms with Gasteiger partial charge >= 0.3 is 0 Å². The van der Waals surface area contributed by atoms with Gasteiger partial charge in [-0.05, 0) is 48.8 Å². The predicted molar refractivity (Wildman–Crippen MR) is 102 cm³/mol. The van der Waals surface area contributed by atoms with Gasteiger partial charge in [-0.25, -0.2) is 4.68 Å². The number of rotatable bonds is 5. The van der Waals surface area contributed by atoms with Crippen LogP contribution in [0.4, 0.5) is 5.82 Å². The van der Waals surface area contributed by atoms with Gasteiger partial charge in [0.05, 0.1) is 12.7 Å². The Hall–Kier alpha value is -2.51. The van der Waals surface area contributed by atoms with Gasteiger partial charge in [-0.3, -0.25) is 9.78 Å². The number of carbonyl (C=O) groups excluding carboxylic acids is 1. The van der Waals surface area contributed by atoms with Crippen LogP contribution in [0.2, 0.25) is 0 Å². The maximum atomic E-state index is 12.3. The quantitative estimate of drug-likeness (QED) is 0.753. The first-order valence-corrected chi connectivity index (χ1v) is 9.44. The van der Waals surface area contributed by atoms with Crippen LogP contribution in [0.15, 0.2) is 42.2 Å². The summed E-state index contributed by atoms with van der Waals surface area (Å²) in [5.74, 6) is 0.929. The number of hydrogen-bond donors (Lipinski definition) is 1. The van der Waals surface area contributed by atoms with E-state index in [1.807, 2.05) is 23.0 Å². The number of pyridine rings is 1. The molecule has 1 aliphatic rings. The Bertz CT molecular complexity index is 915. The van der Waals surface area contributed by atoms with E-state index < -0.39 is 0 Å². The Labute approximate surface area is 156 Å². The number of aromatic nitrogens is 3. The van der Waals surface area contributed by atoms with Crippen molar-refractivity contribution in [3.63, 3.8) is 0 Å². The van der Waals surface area contributed by atoms with Crippen molar-refractivity contribution in [2.45, 2.75) is 25.4 Å². The molecule has 26 heavy (non-hydrogen) atoms. The number of fused-ring (bicyclic) bond motifs is 1. The molecule has 7 heteroatoms. The van der Waals surface area contributed by atoms with Crippen LogP contribution in [-0.4, -0.2) is 39.7 Å². The summed E-state index contributed by atoms with van der Waals surface area (Å²) in [5.41, 5.74) is 3.48. The Balaban J connectivity index is 1.64. The first-order valence-electron chi connectivity index (χ1n) is 8.56. The van der Waals surface area contributed by atoms with Gasteiger partial charge in [0.2, 0.25) is 5.91 Å². The topological polar surface area (TPSA) is 63.1 Å². The Morgan fingerprint density at radius 3 is 2.88 bits per heavy atom. The van der Waals surface area contributed by atoms with E-state index >= 15 is 0 Å². The third-order valence-corrected chi connectivity index (χ3v) is 5.58. The van der Waals surface area contributed by atoms with Crippen LogP contribution in [0.5, 0.6) is 0 Å². The Morgan fingerprint density at radius 2 is 2.12 bits per heavy atom. The molecule has 134 valence electrons. The van der Waals surface area contributed by atoms with E-state index in [0.717, 1.165) is 23.5 Å². The van der Waals surface area contributed by atoms with Crippen LogP contribution in [0.3, 0.4) is 0 Å². The highest BCUT2D eigenvalue weighted by Gasteiger charge is 2.30. The van der Waals surface area contributed by atoms with Gasteiger partial charge in [0, 0.05) is 41.7 Å². The Kier molecular flexibility index (Phi) is 4.57. The van der Waals surface area contributed by atoms with E-state index in [1.165, 1.54) is 10.4 Å². The lowest BCUT2D eigenvalue weighted by Gasteiger charge is -2.22. The number of anilines is 1. The minimum atomic E-state index is 0.0431. The number of hydrogen-bond acceptors (Lipinski definition) is 5. The van der Waals surface area contributed by atoms with Gasteiger partial charge in [0.15, 0.2) is 0 Å². The van der Waals surface area contributed by atoms with Crippen molar-refractivity contribution in [3.8, 4) is 0 Å². The van der Waals surface area contributed by atoms with Crippen molar-refractivity contribution in [2.75, 3.05) is 19.4 Å². The molecule has 1 amide bonds. The second kappa shape index (κ2) is 7.01. The molecule has 0 saturated carbocycles. The maximum absolute atomic E-state index is 12.3. The van der Waals surface area contributed by atoms with Crippen LogP contribution < -0.4 is 5.32 Å². The highest BCUT2D eigenvalue weighted by atomic mass is 32.1. The third kappa shape index (κ3) is 3.40. The molecule has 3 aromatic rings. The van der Waals surface area contributed by atoms with E-state index in [0.29, 0.717) is 13.0 Å². The number of amides is 1. The summed E-state index contributed by atoms with van der Waals surface area (Å²) in [5, 5.41) is 9.73. The fourth-order valence-corrected chi connectivity index (χ4v) is 4.35. The zero-order chi connectivity index (χ0) is 18.1. The number of nitrogens with zero attached hydrogens (tertiary/aromatic N) is 4. The first kappa shape index (κ1) is 16.9. The van der Waals surface area contributed by atoms with E-state index in [-0.39, 0.29) is 11.8 Å². The molecule has 0 spiro atoms. The number of thiophene rings is 1. The lowest BCUT2D eigenvalue weighted by Crippen LogP contribution is -2.24. The molecule has 4 rings (SSSR count). The molecule has 6 nitrogen and oxygen atoms in total. The molecule has 3 aromatic heterocycles. The highest BCUT2D eigenvalue weighted by Crippen LogP contribution is 2.39. The van der Waals surface area contributed by atoms with E-state index in [4.69, 9.17) is 0 Å². The second-order valence-electron chi connectivity index (χ2n) is 6.86. The van der Waals surface area contributed by atoms with Crippen molar-refractivity contribution in [1.82, 2.24) is 19.7 Å². The van der Waals surface area contributed by atoms with Gasteiger partial charge in [-0.2, -0.15) is 5.10 Å². The molecule has 0 bridgehead atoms. The van der Waals surface area contributed by atoms with Crippen molar-refractivity contribution in [2.24, 2.45) is 0 Å². The molecular weight excluding hydrogens is 346 g/mol. The third-order valence-electron chi connectivity index (χ3n) is 4.49. The molecule has 0 fully saturated rings.